The summed E-state index contributed by atoms with van der Waals surface area (Å²) in [5, 5.41) is 3.07. The lowest BCUT2D eigenvalue weighted by Gasteiger charge is -2.26. The number of nitrogens with one attached hydrogen (secondary N) is 1. The van der Waals surface area contributed by atoms with E-state index in [0.717, 1.165) is 15.4 Å². The number of anilines is 2. The van der Waals surface area contributed by atoms with Gasteiger partial charge >= 0.3 is 0 Å². The highest BCUT2D eigenvalue weighted by Crippen LogP contribution is 2.28. The zero-order chi connectivity index (χ0) is 21.0. The summed E-state index contributed by atoms with van der Waals surface area (Å²) in [7, 11) is -3.95. The summed E-state index contributed by atoms with van der Waals surface area (Å²) in [6.45, 7) is 3.37. The Balaban J connectivity index is 1.99. The average molecular weight is 429 g/mol. The van der Waals surface area contributed by atoms with Crippen LogP contribution in [0.1, 0.15) is 11.1 Å². The van der Waals surface area contributed by atoms with Gasteiger partial charge in [0.2, 0.25) is 5.91 Å². The maximum atomic E-state index is 13.3. The van der Waals surface area contributed by atoms with Gasteiger partial charge in [-0.2, -0.15) is 0 Å². The molecular weight excluding hydrogens is 408 g/mol. The lowest BCUT2D eigenvalue weighted by atomic mass is 10.1. The normalized spacial score (nSPS) is 11.1. The molecule has 7 heteroatoms. The number of benzene rings is 3. The van der Waals surface area contributed by atoms with Crippen LogP contribution in [0, 0.1) is 13.8 Å². The first-order valence-electron chi connectivity index (χ1n) is 8.98. The van der Waals surface area contributed by atoms with E-state index in [0.29, 0.717) is 16.4 Å². The van der Waals surface area contributed by atoms with E-state index < -0.39 is 15.9 Å². The van der Waals surface area contributed by atoms with Crippen LogP contribution in [0.25, 0.3) is 0 Å². The van der Waals surface area contributed by atoms with Crippen molar-refractivity contribution in [1.82, 2.24) is 0 Å². The van der Waals surface area contributed by atoms with Crippen LogP contribution in [0.15, 0.2) is 77.7 Å². The van der Waals surface area contributed by atoms with Crippen molar-refractivity contribution in [2.24, 2.45) is 0 Å². The molecule has 3 aromatic carbocycles. The molecule has 0 aliphatic heterocycles. The summed E-state index contributed by atoms with van der Waals surface area (Å²) in [5.41, 5.74) is 2.64. The Labute approximate surface area is 176 Å². The van der Waals surface area contributed by atoms with Gasteiger partial charge in [0.25, 0.3) is 10.0 Å². The van der Waals surface area contributed by atoms with E-state index in [-0.39, 0.29) is 11.4 Å². The topological polar surface area (TPSA) is 66.5 Å². The molecule has 0 saturated carbocycles. The number of halogens is 1. The van der Waals surface area contributed by atoms with Crippen molar-refractivity contribution < 1.29 is 13.2 Å². The molecule has 150 valence electrons. The van der Waals surface area contributed by atoms with Crippen LogP contribution >= 0.6 is 11.6 Å². The van der Waals surface area contributed by atoms with Crippen LogP contribution in [0.3, 0.4) is 0 Å². The zero-order valence-electron chi connectivity index (χ0n) is 16.1. The number of carbonyl (C=O) groups is 1. The van der Waals surface area contributed by atoms with E-state index in [1.54, 1.807) is 48.5 Å². The number of hydrogen-bond acceptors (Lipinski definition) is 3. The van der Waals surface area contributed by atoms with Gasteiger partial charge in [0.05, 0.1) is 21.3 Å². The lowest BCUT2D eigenvalue weighted by Crippen LogP contribution is -2.38. The third-order valence-corrected chi connectivity index (χ3v) is 6.49. The second-order valence-electron chi connectivity index (χ2n) is 6.64. The van der Waals surface area contributed by atoms with Gasteiger partial charge in [-0.05, 0) is 49.7 Å². The fraction of sp³-hybridized carbons (Fsp3) is 0.136. The quantitative estimate of drug-likeness (QED) is 0.613. The molecule has 3 aromatic rings. The molecule has 0 aliphatic carbocycles. The van der Waals surface area contributed by atoms with Gasteiger partial charge in [-0.15, -0.1) is 0 Å². The fourth-order valence-corrected chi connectivity index (χ4v) is 4.68. The largest absolute Gasteiger partial charge is 0.323 e. The van der Waals surface area contributed by atoms with Crippen molar-refractivity contribution in [1.29, 1.82) is 0 Å². The minimum Gasteiger partial charge on any atom is -0.323 e. The maximum Gasteiger partial charge on any atom is 0.264 e. The summed E-state index contributed by atoms with van der Waals surface area (Å²) >= 11 is 6.10. The van der Waals surface area contributed by atoms with Gasteiger partial charge in [-0.3, -0.25) is 9.10 Å². The first-order valence-corrected chi connectivity index (χ1v) is 10.8. The van der Waals surface area contributed by atoms with Crippen molar-refractivity contribution in [2.75, 3.05) is 16.2 Å². The molecule has 29 heavy (non-hydrogen) atoms. The van der Waals surface area contributed by atoms with Crippen molar-refractivity contribution >= 4 is 38.9 Å². The van der Waals surface area contributed by atoms with Gasteiger partial charge in [0.15, 0.2) is 0 Å². The highest BCUT2D eigenvalue weighted by molar-refractivity contribution is 7.92. The van der Waals surface area contributed by atoms with Crippen LogP contribution in [-0.2, 0) is 14.8 Å². The Kier molecular flexibility index (Phi) is 6.25. The van der Waals surface area contributed by atoms with E-state index in [2.05, 4.69) is 5.32 Å². The van der Waals surface area contributed by atoms with Crippen LogP contribution < -0.4 is 9.62 Å². The third-order valence-electron chi connectivity index (χ3n) is 4.39. The summed E-state index contributed by atoms with van der Waals surface area (Å²) in [6.07, 6.45) is 0. The Bertz CT molecular complexity index is 1130. The van der Waals surface area contributed by atoms with Crippen molar-refractivity contribution in [3.05, 3.63) is 88.9 Å². The molecule has 0 aromatic heterocycles. The third kappa shape index (κ3) is 4.78. The minimum atomic E-state index is -3.95. The minimum absolute atomic E-state index is 0.116. The molecule has 0 radical (unpaired) electrons. The summed E-state index contributed by atoms with van der Waals surface area (Å²) in [5.74, 6) is -0.488. The summed E-state index contributed by atoms with van der Waals surface area (Å²) in [4.78, 5) is 12.8. The molecule has 0 spiro atoms. The molecular formula is C22H21ClN2O3S. The number of nitrogens with zero attached hydrogens (tertiary/aromatic N) is 1. The monoisotopic (exact) mass is 428 g/mol. The Morgan fingerprint density at radius 3 is 2.28 bits per heavy atom. The van der Waals surface area contributed by atoms with Crippen molar-refractivity contribution in [3.8, 4) is 0 Å². The molecule has 1 N–H and O–H groups in total. The second-order valence-corrected chi connectivity index (χ2v) is 8.91. The summed E-state index contributed by atoms with van der Waals surface area (Å²) in [6, 6.07) is 20.3. The lowest BCUT2D eigenvalue weighted by molar-refractivity contribution is -0.114. The first kappa shape index (κ1) is 20.9. The Morgan fingerprint density at radius 2 is 1.62 bits per heavy atom. The van der Waals surface area contributed by atoms with Gasteiger partial charge < -0.3 is 5.32 Å². The molecule has 0 bridgehead atoms. The van der Waals surface area contributed by atoms with Gasteiger partial charge in [0.1, 0.15) is 6.54 Å². The number of amides is 1. The molecule has 3 rings (SSSR count). The number of hydrogen-bond donors (Lipinski definition) is 1. The van der Waals surface area contributed by atoms with E-state index >= 15 is 0 Å². The molecule has 0 heterocycles. The van der Waals surface area contributed by atoms with Gasteiger partial charge in [-0.25, -0.2) is 8.42 Å². The van der Waals surface area contributed by atoms with Crippen LogP contribution in [-0.4, -0.2) is 20.9 Å². The second kappa shape index (κ2) is 8.68. The standard InChI is InChI=1S/C22H21ClN2O3S/c1-16-12-13-21(17(2)14-16)25(29(27,28)18-8-4-3-5-9-18)15-22(26)24-20-11-7-6-10-19(20)23/h3-14H,15H2,1-2H3,(H,24,26). The van der Waals surface area contributed by atoms with E-state index in [1.165, 1.54) is 12.1 Å². The first-order chi connectivity index (χ1) is 13.8. The molecule has 0 unspecified atom stereocenters. The van der Waals surface area contributed by atoms with E-state index in [1.807, 2.05) is 26.0 Å². The van der Waals surface area contributed by atoms with E-state index in [9.17, 15) is 13.2 Å². The number of carbonyl (C=O) groups excluding carboxylic acids is 1. The fourth-order valence-electron chi connectivity index (χ4n) is 2.99. The molecule has 5 nitrogen and oxygen atoms in total. The van der Waals surface area contributed by atoms with Crippen LogP contribution in [0.4, 0.5) is 11.4 Å². The SMILES string of the molecule is Cc1ccc(N(CC(=O)Nc2ccccc2Cl)S(=O)(=O)c2ccccc2)c(C)c1. The Hall–Kier alpha value is -2.83. The van der Waals surface area contributed by atoms with Crippen molar-refractivity contribution in [3.63, 3.8) is 0 Å². The number of para-hydroxylation sites is 1. The average Bonchev–Trinajstić information content (AvgIpc) is 2.69. The highest BCUT2D eigenvalue weighted by Gasteiger charge is 2.28. The van der Waals surface area contributed by atoms with Crippen LogP contribution in [0.5, 0.6) is 0 Å². The predicted octanol–water partition coefficient (Wildman–Crippen LogP) is 4.79. The molecule has 0 fully saturated rings. The number of rotatable bonds is 6. The van der Waals surface area contributed by atoms with Crippen LogP contribution in [0.2, 0.25) is 5.02 Å². The smallest absolute Gasteiger partial charge is 0.264 e. The molecule has 0 atom stereocenters. The Morgan fingerprint density at radius 1 is 0.966 bits per heavy atom. The van der Waals surface area contributed by atoms with E-state index in [4.69, 9.17) is 11.6 Å². The maximum absolute atomic E-state index is 13.3. The van der Waals surface area contributed by atoms with Gasteiger partial charge in [-0.1, -0.05) is 59.6 Å². The van der Waals surface area contributed by atoms with Crippen molar-refractivity contribution in [2.45, 2.75) is 18.7 Å². The molecule has 0 saturated heterocycles. The predicted molar refractivity (Wildman–Crippen MR) is 117 cm³/mol. The molecule has 0 aliphatic rings. The highest BCUT2D eigenvalue weighted by atomic mass is 35.5. The zero-order valence-corrected chi connectivity index (χ0v) is 17.7. The number of sulfonamides is 1. The molecule has 1 amide bonds. The number of aryl methyl sites for hydroxylation is 2. The summed E-state index contributed by atoms with van der Waals surface area (Å²) < 4.78 is 27.8. The van der Waals surface area contributed by atoms with Gasteiger partial charge in [0, 0.05) is 0 Å².